The first-order valence-corrected chi connectivity index (χ1v) is 16.7. The average Bonchev–Trinajstić information content (AvgIpc) is 3.96. The molecule has 0 N–H and O–H groups in total. The topological polar surface area (TPSA) is 57.5 Å². The molecule has 0 bridgehead atoms. The summed E-state index contributed by atoms with van der Waals surface area (Å²) < 4.78 is 44.4. The van der Waals surface area contributed by atoms with Gasteiger partial charge >= 0.3 is 6.18 Å². The molecule has 4 aromatic carbocycles. The quantitative estimate of drug-likeness (QED) is 0.130. The summed E-state index contributed by atoms with van der Waals surface area (Å²) >= 11 is 0. The minimum atomic E-state index is -4.46. The number of aryl methyl sites for hydroxylation is 4. The number of alkyl halides is 3. The minimum absolute atomic E-state index is 0. The number of rotatable bonds is 5. The number of imidazole rings is 2. The van der Waals surface area contributed by atoms with Gasteiger partial charge in [-0.15, -0.1) is 0 Å². The van der Waals surface area contributed by atoms with Gasteiger partial charge in [-0.3, -0.25) is 14.1 Å². The van der Waals surface area contributed by atoms with Crippen LogP contribution in [0.3, 0.4) is 0 Å². The normalized spacial score (nSPS) is 10.7. The van der Waals surface area contributed by atoms with Crippen molar-refractivity contribution in [3.05, 3.63) is 193 Å². The first-order valence-electron chi connectivity index (χ1n) is 16.7. The van der Waals surface area contributed by atoms with E-state index in [2.05, 4.69) is 128 Å². The van der Waals surface area contributed by atoms with Gasteiger partial charge in [0.2, 0.25) is 0 Å². The Labute approximate surface area is 326 Å². The first kappa shape index (κ1) is 39.3. The van der Waals surface area contributed by atoms with Crippen molar-refractivity contribution in [2.45, 2.75) is 33.9 Å². The number of nitrogens with zero attached hydrogens (tertiary/aromatic N) is 7. The van der Waals surface area contributed by atoms with Crippen LogP contribution in [0.1, 0.15) is 27.9 Å². The predicted octanol–water partition coefficient (Wildman–Crippen LogP) is 8.06. The molecule has 275 valence electrons. The van der Waals surface area contributed by atoms with Crippen LogP contribution in [0, 0.1) is 52.5 Å². The summed E-state index contributed by atoms with van der Waals surface area (Å²) in [5.41, 5.74) is 8.66. The van der Waals surface area contributed by atoms with E-state index in [1.807, 2.05) is 67.3 Å². The third kappa shape index (κ3) is 10.4. The molecule has 0 atom stereocenters. The molecule has 4 aromatic heterocycles. The summed E-state index contributed by atoms with van der Waals surface area (Å²) in [6, 6.07) is 41.3. The van der Waals surface area contributed by atoms with Crippen molar-refractivity contribution >= 4 is 0 Å². The Morgan fingerprint density at radius 1 is 0.630 bits per heavy atom. The van der Waals surface area contributed by atoms with Gasteiger partial charge in [0, 0.05) is 56.8 Å². The maximum absolute atomic E-state index is 12.2. The Morgan fingerprint density at radius 3 is 1.50 bits per heavy atom. The summed E-state index contributed by atoms with van der Waals surface area (Å²) in [4.78, 5) is 3.87. The van der Waals surface area contributed by atoms with E-state index in [-0.39, 0.29) is 25.8 Å². The van der Waals surface area contributed by atoms with Crippen LogP contribution in [0.5, 0.6) is 0 Å². The van der Waals surface area contributed by atoms with E-state index >= 15 is 0 Å². The van der Waals surface area contributed by atoms with E-state index in [9.17, 15) is 13.2 Å². The van der Waals surface area contributed by atoms with Gasteiger partial charge in [0.1, 0.15) is 5.69 Å². The Hall–Kier alpha value is -5.90. The first-order chi connectivity index (χ1) is 25.5. The molecule has 0 aliphatic heterocycles. The minimum Gasteiger partial charge on any atom is -0.573 e. The van der Waals surface area contributed by atoms with Crippen molar-refractivity contribution in [1.82, 2.24) is 24.3 Å². The third-order valence-corrected chi connectivity index (χ3v) is 7.96. The SMILES string of the molecule is Cc1c[c-]c(-n2[c-][n+](-c3ccc(C)cc3)cc2)cc1.Cc1c[c-]c(-n2[c-][n+](-c3ccc(C)cc3)cc2)cc1.FC(F)(F)c1cc(-c2ccccn2)[n-]n1.[Ir]. The predicted molar refractivity (Wildman–Crippen MR) is 195 cm³/mol. The number of aromatic nitrogens is 7. The maximum atomic E-state index is 12.2. The standard InChI is InChI=1S/2C17H15N2.C9H5F3N3.Ir/c2*1-14-3-7-16(8-4-14)18-11-12-19(13-18)17-9-5-15(2)6-10-17;10-9(11,12)8-5-7(14-15-8)6-3-1-2-4-13-6;/h2*3-9,11-12H,1-2H3;1-5H;/q3*-1;. The van der Waals surface area contributed by atoms with Crippen LogP contribution in [0.15, 0.2) is 140 Å². The van der Waals surface area contributed by atoms with E-state index in [0.717, 1.165) is 28.8 Å². The summed E-state index contributed by atoms with van der Waals surface area (Å²) in [7, 11) is 0. The van der Waals surface area contributed by atoms with Crippen molar-refractivity contribution in [2.75, 3.05) is 0 Å². The summed E-state index contributed by atoms with van der Waals surface area (Å²) in [5.74, 6) is 0. The van der Waals surface area contributed by atoms with Crippen LogP contribution in [0.25, 0.3) is 34.1 Å². The van der Waals surface area contributed by atoms with Gasteiger partial charge in [-0.1, -0.05) is 61.0 Å². The molecule has 7 nitrogen and oxygen atoms in total. The van der Waals surface area contributed by atoms with Crippen molar-refractivity contribution in [3.8, 4) is 34.1 Å². The molecule has 0 spiro atoms. The van der Waals surface area contributed by atoms with Crippen molar-refractivity contribution < 1.29 is 42.4 Å². The van der Waals surface area contributed by atoms with Crippen LogP contribution in [-0.4, -0.2) is 19.2 Å². The zero-order valence-electron chi connectivity index (χ0n) is 29.9. The zero-order chi connectivity index (χ0) is 37.4. The molecule has 8 rings (SSSR count). The van der Waals surface area contributed by atoms with Gasteiger partial charge in [0.25, 0.3) is 12.7 Å². The molecule has 54 heavy (non-hydrogen) atoms. The van der Waals surface area contributed by atoms with Crippen molar-refractivity contribution in [3.63, 3.8) is 0 Å². The second-order valence-electron chi connectivity index (χ2n) is 12.3. The summed E-state index contributed by atoms with van der Waals surface area (Å²) in [6.07, 6.45) is 11.6. The number of pyridine rings is 1. The number of hydrogen-bond donors (Lipinski definition) is 0. The largest absolute Gasteiger partial charge is 0.573 e. The molecular formula is C43H35F3IrN7-3. The molecule has 0 amide bonds. The van der Waals surface area contributed by atoms with Gasteiger partial charge in [-0.25, -0.2) is 0 Å². The van der Waals surface area contributed by atoms with Gasteiger partial charge in [-0.2, -0.15) is 72.8 Å². The molecule has 1 radical (unpaired) electrons. The molecule has 11 heteroatoms. The second kappa shape index (κ2) is 17.7. The van der Waals surface area contributed by atoms with Crippen LogP contribution in [-0.2, 0) is 26.3 Å². The molecule has 4 heterocycles. The van der Waals surface area contributed by atoms with Crippen LogP contribution in [0.4, 0.5) is 13.2 Å². The molecular weight excluding hydrogens is 864 g/mol. The fraction of sp³-hybridized carbons (Fsp3) is 0.116. The van der Waals surface area contributed by atoms with Crippen LogP contribution < -0.4 is 14.2 Å². The molecule has 8 aromatic rings. The van der Waals surface area contributed by atoms with Crippen LogP contribution >= 0.6 is 0 Å². The molecule has 0 unspecified atom stereocenters. The third-order valence-electron chi connectivity index (χ3n) is 7.96. The average molecular weight is 899 g/mol. The number of hydrogen-bond acceptors (Lipinski definition) is 2. The van der Waals surface area contributed by atoms with E-state index in [1.165, 1.54) is 28.5 Å². The Morgan fingerprint density at radius 2 is 1.11 bits per heavy atom. The molecule has 0 saturated heterocycles. The zero-order valence-corrected chi connectivity index (χ0v) is 32.3. The van der Waals surface area contributed by atoms with E-state index in [0.29, 0.717) is 5.69 Å². The monoisotopic (exact) mass is 899 g/mol. The fourth-order valence-corrected chi connectivity index (χ4v) is 4.96. The van der Waals surface area contributed by atoms with Gasteiger partial charge < -0.3 is 19.3 Å². The Kier molecular flexibility index (Phi) is 12.9. The summed E-state index contributed by atoms with van der Waals surface area (Å²) in [5, 5.41) is 6.47. The maximum Gasteiger partial charge on any atom is 0.431 e. The fourth-order valence-electron chi connectivity index (χ4n) is 4.96. The Bertz CT molecular complexity index is 2100. The van der Waals surface area contributed by atoms with Crippen LogP contribution in [0.2, 0.25) is 0 Å². The van der Waals surface area contributed by atoms with Gasteiger partial charge in [0.05, 0.1) is 11.4 Å². The second-order valence-corrected chi connectivity index (χ2v) is 12.3. The number of benzene rings is 4. The molecule has 0 saturated carbocycles. The van der Waals surface area contributed by atoms with E-state index < -0.39 is 11.9 Å². The molecule has 0 fully saturated rings. The molecule has 0 aliphatic carbocycles. The van der Waals surface area contributed by atoms with E-state index in [1.54, 1.807) is 18.2 Å². The van der Waals surface area contributed by atoms with Gasteiger partial charge in [0.15, 0.2) is 0 Å². The van der Waals surface area contributed by atoms with Crippen molar-refractivity contribution in [2.24, 2.45) is 0 Å². The van der Waals surface area contributed by atoms with E-state index in [4.69, 9.17) is 0 Å². The summed E-state index contributed by atoms with van der Waals surface area (Å²) in [6.45, 7) is 8.30. The van der Waals surface area contributed by atoms with Crippen molar-refractivity contribution in [1.29, 1.82) is 0 Å². The van der Waals surface area contributed by atoms with Gasteiger partial charge in [-0.05, 0) is 67.7 Å². The smallest absolute Gasteiger partial charge is 0.431 e. The molecule has 0 aliphatic rings. The number of halogens is 3. The Balaban J connectivity index is 0.000000156.